The molecular weight excluding hydrogens is 416 g/mol. The van der Waals surface area contributed by atoms with Crippen molar-refractivity contribution >= 4 is 5.91 Å². The molecule has 0 radical (unpaired) electrons. The predicted octanol–water partition coefficient (Wildman–Crippen LogP) is 3.97. The van der Waals surface area contributed by atoms with E-state index in [0.717, 1.165) is 52.1 Å². The monoisotopic (exact) mass is 460 g/mol. The summed E-state index contributed by atoms with van der Waals surface area (Å²) in [4.78, 5) is 15.7. The van der Waals surface area contributed by atoms with Crippen LogP contribution in [0.2, 0.25) is 0 Å². The highest BCUT2D eigenvalue weighted by molar-refractivity contribution is 5.92. The van der Waals surface area contributed by atoms with Gasteiger partial charge in [0.15, 0.2) is 5.69 Å². The second kappa shape index (κ2) is 10.8. The molecular formula is C26H44N4O3. The van der Waals surface area contributed by atoms with Crippen LogP contribution >= 0.6 is 0 Å². The van der Waals surface area contributed by atoms with Gasteiger partial charge in [0, 0.05) is 31.7 Å². The average molecular weight is 461 g/mol. The van der Waals surface area contributed by atoms with E-state index >= 15 is 0 Å². The summed E-state index contributed by atoms with van der Waals surface area (Å²) in [6, 6.07) is 2.05. The SMILES string of the molecule is CCCCCOc1cc(C(=O)NC2C3CC(CCC3C)C2(C)C)nn1CCN1CCOCC1. The third-order valence-electron chi connectivity index (χ3n) is 8.53. The van der Waals surface area contributed by atoms with Crippen molar-refractivity contribution in [1.82, 2.24) is 20.0 Å². The minimum absolute atomic E-state index is 0.0589. The summed E-state index contributed by atoms with van der Waals surface area (Å²) in [7, 11) is 0. The number of nitrogens with one attached hydrogen (secondary N) is 1. The van der Waals surface area contributed by atoms with Gasteiger partial charge in [-0.1, -0.05) is 47.0 Å². The molecule has 2 saturated carbocycles. The highest BCUT2D eigenvalue weighted by Gasteiger charge is 2.53. The molecule has 4 rings (SSSR count). The van der Waals surface area contributed by atoms with Crippen molar-refractivity contribution in [2.24, 2.45) is 23.2 Å². The van der Waals surface area contributed by atoms with Crippen LogP contribution in [0, 0.1) is 23.2 Å². The first kappa shape index (κ1) is 24.5. The molecule has 1 saturated heterocycles. The first-order valence-electron chi connectivity index (χ1n) is 13.2. The lowest BCUT2D eigenvalue weighted by molar-refractivity contribution is 0.0356. The summed E-state index contributed by atoms with van der Waals surface area (Å²) < 4.78 is 13.4. The number of amides is 1. The fraction of sp³-hybridized carbons (Fsp3) is 0.846. The van der Waals surface area contributed by atoms with Gasteiger partial charge < -0.3 is 14.8 Å². The van der Waals surface area contributed by atoms with Gasteiger partial charge in [-0.05, 0) is 42.4 Å². The fourth-order valence-electron chi connectivity index (χ4n) is 6.19. The minimum atomic E-state index is -0.0589. The number of fused-ring (bicyclic) bond motifs is 2. The molecule has 1 aromatic heterocycles. The van der Waals surface area contributed by atoms with Crippen molar-refractivity contribution in [2.75, 3.05) is 39.5 Å². The van der Waals surface area contributed by atoms with Crippen LogP contribution < -0.4 is 10.1 Å². The zero-order chi connectivity index (χ0) is 23.4. The maximum absolute atomic E-state index is 13.4. The molecule has 4 unspecified atom stereocenters. The number of aromatic nitrogens is 2. The lowest BCUT2D eigenvalue weighted by Crippen LogP contribution is -2.47. The topological polar surface area (TPSA) is 68.6 Å². The van der Waals surface area contributed by atoms with Crippen LogP contribution in [-0.4, -0.2) is 66.1 Å². The van der Waals surface area contributed by atoms with E-state index in [4.69, 9.17) is 14.6 Å². The standard InChI is InChI=1S/C26H44N4O3/c1-5-6-7-14-33-23-18-22(28-30(23)11-10-29-12-15-32-16-13-29)25(31)27-24-21-17-20(26(24,3)4)9-8-19(21)2/h18-21,24H,5-17H2,1-4H3,(H,27,31). The van der Waals surface area contributed by atoms with E-state index in [9.17, 15) is 4.79 Å². The lowest BCUT2D eigenvalue weighted by Gasteiger charge is -2.33. The van der Waals surface area contributed by atoms with Gasteiger partial charge in [-0.3, -0.25) is 9.69 Å². The number of nitrogens with zero attached hydrogens (tertiary/aromatic N) is 3. The van der Waals surface area contributed by atoms with E-state index in [1.165, 1.54) is 19.3 Å². The van der Waals surface area contributed by atoms with Crippen molar-refractivity contribution in [1.29, 1.82) is 0 Å². The predicted molar refractivity (Wildman–Crippen MR) is 130 cm³/mol. The summed E-state index contributed by atoms with van der Waals surface area (Å²) in [5, 5.41) is 8.12. The number of hydrogen-bond donors (Lipinski definition) is 1. The Morgan fingerprint density at radius 2 is 2.03 bits per heavy atom. The molecule has 3 fully saturated rings. The highest BCUT2D eigenvalue weighted by atomic mass is 16.5. The van der Waals surface area contributed by atoms with Crippen molar-refractivity contribution in [2.45, 2.75) is 78.8 Å². The Morgan fingerprint density at radius 3 is 2.79 bits per heavy atom. The number of ether oxygens (including phenoxy) is 2. The molecule has 7 nitrogen and oxygen atoms in total. The Morgan fingerprint density at radius 1 is 1.24 bits per heavy atom. The van der Waals surface area contributed by atoms with Crippen molar-refractivity contribution in [3.63, 3.8) is 0 Å². The second-order valence-electron chi connectivity index (χ2n) is 11.0. The molecule has 0 aromatic carbocycles. The largest absolute Gasteiger partial charge is 0.478 e. The van der Waals surface area contributed by atoms with Gasteiger partial charge in [-0.15, -0.1) is 0 Å². The highest BCUT2D eigenvalue weighted by Crippen LogP contribution is 2.55. The summed E-state index contributed by atoms with van der Waals surface area (Å²) >= 11 is 0. The molecule has 33 heavy (non-hydrogen) atoms. The summed E-state index contributed by atoms with van der Waals surface area (Å²) in [5.74, 6) is 2.58. The second-order valence-corrected chi connectivity index (χ2v) is 11.0. The molecule has 4 atom stereocenters. The quantitative estimate of drug-likeness (QED) is 0.535. The van der Waals surface area contributed by atoms with Crippen LogP contribution in [0.25, 0.3) is 0 Å². The molecule has 1 N–H and O–H groups in total. The van der Waals surface area contributed by atoms with Crippen LogP contribution in [0.5, 0.6) is 5.88 Å². The van der Waals surface area contributed by atoms with E-state index in [1.54, 1.807) is 0 Å². The Labute approximate surface area is 199 Å². The molecule has 7 heteroatoms. The molecule has 2 aliphatic carbocycles. The summed E-state index contributed by atoms with van der Waals surface area (Å²) in [5.41, 5.74) is 0.607. The van der Waals surface area contributed by atoms with Gasteiger partial charge in [0.1, 0.15) is 0 Å². The first-order valence-corrected chi connectivity index (χ1v) is 13.2. The molecule has 1 aliphatic heterocycles. The zero-order valence-electron chi connectivity index (χ0n) is 21.1. The Hall–Kier alpha value is -1.60. The van der Waals surface area contributed by atoms with Gasteiger partial charge in [-0.25, -0.2) is 4.68 Å². The van der Waals surface area contributed by atoms with Crippen molar-refractivity contribution in [3.8, 4) is 5.88 Å². The maximum Gasteiger partial charge on any atom is 0.272 e. The van der Waals surface area contributed by atoms with E-state index in [-0.39, 0.29) is 17.4 Å². The molecule has 2 bridgehead atoms. The Bertz CT molecular complexity index is 786. The van der Waals surface area contributed by atoms with E-state index in [0.29, 0.717) is 42.5 Å². The van der Waals surface area contributed by atoms with E-state index in [1.807, 2.05) is 10.7 Å². The first-order chi connectivity index (χ1) is 15.9. The number of morpholine rings is 1. The molecule has 1 aromatic rings. The van der Waals surface area contributed by atoms with Gasteiger partial charge in [0.2, 0.25) is 5.88 Å². The van der Waals surface area contributed by atoms with Gasteiger partial charge >= 0.3 is 0 Å². The summed E-state index contributed by atoms with van der Waals surface area (Å²) in [6.45, 7) is 14.9. The Balaban J connectivity index is 1.45. The van der Waals surface area contributed by atoms with Crippen LogP contribution in [0.1, 0.15) is 76.7 Å². The van der Waals surface area contributed by atoms with Crippen molar-refractivity contribution < 1.29 is 14.3 Å². The molecule has 2 heterocycles. The number of carbonyl (C=O) groups is 1. The summed E-state index contributed by atoms with van der Waals surface area (Å²) in [6.07, 6.45) is 7.11. The van der Waals surface area contributed by atoms with Crippen molar-refractivity contribution in [3.05, 3.63) is 11.8 Å². The van der Waals surface area contributed by atoms with Gasteiger partial charge in [-0.2, -0.15) is 5.10 Å². The Kier molecular flexibility index (Phi) is 8.00. The third-order valence-corrected chi connectivity index (χ3v) is 8.53. The molecule has 186 valence electrons. The van der Waals surface area contributed by atoms with E-state index < -0.39 is 0 Å². The minimum Gasteiger partial charge on any atom is -0.478 e. The fourth-order valence-corrected chi connectivity index (χ4v) is 6.19. The third kappa shape index (κ3) is 5.56. The number of rotatable bonds is 10. The molecule has 3 aliphatic rings. The maximum atomic E-state index is 13.4. The van der Waals surface area contributed by atoms with Crippen LogP contribution in [0.3, 0.4) is 0 Å². The number of carbonyl (C=O) groups excluding carboxylic acids is 1. The van der Waals surface area contributed by atoms with Gasteiger partial charge in [0.25, 0.3) is 5.91 Å². The lowest BCUT2D eigenvalue weighted by atomic mass is 9.77. The molecule has 1 amide bonds. The smallest absolute Gasteiger partial charge is 0.272 e. The van der Waals surface area contributed by atoms with Crippen LogP contribution in [0.15, 0.2) is 6.07 Å². The number of hydrogen-bond acceptors (Lipinski definition) is 5. The zero-order valence-corrected chi connectivity index (χ0v) is 21.1. The normalized spacial score (nSPS) is 29.2. The van der Waals surface area contributed by atoms with Gasteiger partial charge in [0.05, 0.1) is 26.4 Å². The molecule has 0 spiro atoms. The van der Waals surface area contributed by atoms with E-state index in [2.05, 4.69) is 37.9 Å². The van der Waals surface area contributed by atoms with Crippen LogP contribution in [-0.2, 0) is 11.3 Å². The number of unbranched alkanes of at least 4 members (excludes halogenated alkanes) is 2. The average Bonchev–Trinajstić information content (AvgIpc) is 3.31. The van der Waals surface area contributed by atoms with Crippen LogP contribution in [0.4, 0.5) is 0 Å².